The Morgan fingerprint density at radius 3 is 2.42 bits per heavy atom. The molecule has 0 aromatic carbocycles. The molecule has 102 valence electrons. The lowest BCUT2D eigenvalue weighted by Gasteiger charge is -2.16. The van der Waals surface area contributed by atoms with Crippen molar-refractivity contribution in [1.82, 2.24) is 14.6 Å². The van der Waals surface area contributed by atoms with Gasteiger partial charge in [0.15, 0.2) is 23.0 Å². The number of aromatic nitrogens is 3. The highest BCUT2D eigenvalue weighted by Gasteiger charge is 2.18. The molecule has 0 radical (unpaired) electrons. The zero-order valence-corrected chi connectivity index (χ0v) is 10.9. The van der Waals surface area contributed by atoms with Crippen molar-refractivity contribution in [3.8, 4) is 11.5 Å². The molecule has 2 aromatic rings. The summed E-state index contributed by atoms with van der Waals surface area (Å²) in [6, 6.07) is 1.45. The first-order valence-corrected chi connectivity index (χ1v) is 7.02. The lowest BCUT2D eigenvalue weighted by Crippen LogP contribution is -2.04. The first-order valence-electron chi connectivity index (χ1n) is 7.02. The summed E-state index contributed by atoms with van der Waals surface area (Å²) in [5, 5.41) is 23.4. The van der Waals surface area contributed by atoms with E-state index in [2.05, 4.69) is 10.1 Å². The van der Waals surface area contributed by atoms with E-state index in [4.69, 9.17) is 0 Å². The second kappa shape index (κ2) is 5.07. The minimum atomic E-state index is -0.165. The van der Waals surface area contributed by atoms with E-state index in [1.165, 1.54) is 44.4 Å². The SMILES string of the molecule is Oc1cc2nc(C3CCCCCCC3)nn2cc1O. The van der Waals surface area contributed by atoms with Crippen LogP contribution in [0.5, 0.6) is 11.5 Å². The third-order valence-corrected chi connectivity index (χ3v) is 3.92. The van der Waals surface area contributed by atoms with E-state index in [9.17, 15) is 10.2 Å². The first kappa shape index (κ1) is 12.3. The van der Waals surface area contributed by atoms with E-state index >= 15 is 0 Å². The van der Waals surface area contributed by atoms with Gasteiger partial charge in [0.2, 0.25) is 0 Å². The van der Waals surface area contributed by atoms with Gasteiger partial charge in [-0.1, -0.05) is 32.1 Å². The number of fused-ring (bicyclic) bond motifs is 1. The number of hydrogen-bond donors (Lipinski definition) is 2. The van der Waals surface area contributed by atoms with E-state index in [0.29, 0.717) is 11.6 Å². The lowest BCUT2D eigenvalue weighted by molar-refractivity contribution is 0.400. The monoisotopic (exact) mass is 261 g/mol. The first-order chi connectivity index (χ1) is 9.24. The van der Waals surface area contributed by atoms with Crippen LogP contribution in [-0.4, -0.2) is 24.8 Å². The maximum absolute atomic E-state index is 9.49. The van der Waals surface area contributed by atoms with E-state index in [1.807, 2.05) is 0 Å². The van der Waals surface area contributed by atoms with Gasteiger partial charge in [0.1, 0.15) is 0 Å². The number of pyridine rings is 1. The Bertz CT molecular complexity index is 532. The molecule has 5 heteroatoms. The Hall–Kier alpha value is -1.78. The van der Waals surface area contributed by atoms with Crippen LogP contribution in [0.1, 0.15) is 56.7 Å². The third-order valence-electron chi connectivity index (χ3n) is 3.92. The largest absolute Gasteiger partial charge is 0.504 e. The Balaban J connectivity index is 1.91. The zero-order chi connectivity index (χ0) is 13.2. The molecule has 19 heavy (non-hydrogen) atoms. The normalized spacial score (nSPS) is 18.3. The van der Waals surface area contributed by atoms with Crippen LogP contribution in [0.2, 0.25) is 0 Å². The van der Waals surface area contributed by atoms with Crippen LogP contribution in [0.4, 0.5) is 0 Å². The Morgan fingerprint density at radius 2 is 1.68 bits per heavy atom. The van der Waals surface area contributed by atoms with Gasteiger partial charge in [0.25, 0.3) is 0 Å². The summed E-state index contributed by atoms with van der Waals surface area (Å²) in [5.74, 6) is 0.933. The van der Waals surface area contributed by atoms with Crippen molar-refractivity contribution in [1.29, 1.82) is 0 Å². The summed E-state index contributed by atoms with van der Waals surface area (Å²) in [6.45, 7) is 0. The second-order valence-corrected chi connectivity index (χ2v) is 5.36. The summed E-state index contributed by atoms with van der Waals surface area (Å²) < 4.78 is 1.54. The Labute approximate surface area is 111 Å². The van der Waals surface area contributed by atoms with Crippen LogP contribution >= 0.6 is 0 Å². The quantitative estimate of drug-likeness (QED) is 0.828. The van der Waals surface area contributed by atoms with Crippen LogP contribution < -0.4 is 0 Å². The molecule has 0 spiro atoms. The highest BCUT2D eigenvalue weighted by atomic mass is 16.3. The van der Waals surface area contributed by atoms with Crippen LogP contribution in [0.15, 0.2) is 12.3 Å². The predicted octanol–water partition coefficient (Wildman–Crippen LogP) is 2.97. The van der Waals surface area contributed by atoms with Crippen molar-refractivity contribution >= 4 is 5.65 Å². The van der Waals surface area contributed by atoms with Crippen molar-refractivity contribution in [2.24, 2.45) is 0 Å². The number of nitrogens with zero attached hydrogens (tertiary/aromatic N) is 3. The summed E-state index contributed by atoms with van der Waals surface area (Å²) >= 11 is 0. The number of hydrogen-bond acceptors (Lipinski definition) is 4. The van der Waals surface area contributed by atoms with Crippen molar-refractivity contribution < 1.29 is 10.2 Å². The van der Waals surface area contributed by atoms with E-state index in [1.54, 1.807) is 4.52 Å². The van der Waals surface area contributed by atoms with E-state index < -0.39 is 0 Å². The molecule has 5 nitrogen and oxygen atoms in total. The molecule has 1 aliphatic rings. The number of rotatable bonds is 1. The fourth-order valence-electron chi connectivity index (χ4n) is 2.81. The molecule has 2 N–H and O–H groups in total. The van der Waals surface area contributed by atoms with Crippen molar-refractivity contribution in [2.75, 3.05) is 0 Å². The summed E-state index contributed by atoms with van der Waals surface area (Å²) in [6.07, 6.45) is 10.1. The molecule has 3 rings (SSSR count). The maximum Gasteiger partial charge on any atom is 0.176 e. The fraction of sp³-hybridized carbons (Fsp3) is 0.571. The topological polar surface area (TPSA) is 70.7 Å². The molecule has 2 aromatic heterocycles. The molecule has 0 unspecified atom stereocenters. The molecular formula is C14H19N3O2. The standard InChI is InChI=1S/C14H19N3O2/c18-11-8-13-15-14(16-17(13)9-12(11)19)10-6-4-2-1-3-5-7-10/h8-10,18-19H,1-7H2. The molecule has 1 fully saturated rings. The molecule has 0 saturated heterocycles. The minimum Gasteiger partial charge on any atom is -0.504 e. The smallest absolute Gasteiger partial charge is 0.176 e. The van der Waals surface area contributed by atoms with Gasteiger partial charge in [-0.15, -0.1) is 0 Å². The van der Waals surface area contributed by atoms with Crippen LogP contribution in [0.25, 0.3) is 5.65 Å². The third kappa shape index (κ3) is 2.50. The molecule has 0 amide bonds. The van der Waals surface area contributed by atoms with Crippen LogP contribution in [0.3, 0.4) is 0 Å². The van der Waals surface area contributed by atoms with Gasteiger partial charge in [-0.2, -0.15) is 5.10 Å². The van der Waals surface area contributed by atoms with Crippen molar-refractivity contribution in [3.05, 3.63) is 18.1 Å². The van der Waals surface area contributed by atoms with Gasteiger partial charge in [-0.05, 0) is 12.8 Å². The molecule has 2 heterocycles. The highest BCUT2D eigenvalue weighted by Crippen LogP contribution is 2.30. The summed E-state index contributed by atoms with van der Waals surface area (Å²) in [5.41, 5.74) is 0.590. The van der Waals surface area contributed by atoms with Gasteiger partial charge in [-0.3, -0.25) is 0 Å². The molecule has 0 atom stereocenters. The lowest BCUT2D eigenvalue weighted by atomic mass is 9.91. The van der Waals surface area contributed by atoms with Gasteiger partial charge >= 0.3 is 0 Å². The zero-order valence-electron chi connectivity index (χ0n) is 10.9. The Kier molecular flexibility index (Phi) is 3.27. The van der Waals surface area contributed by atoms with E-state index in [0.717, 1.165) is 18.7 Å². The second-order valence-electron chi connectivity index (χ2n) is 5.36. The van der Waals surface area contributed by atoms with E-state index in [-0.39, 0.29) is 11.5 Å². The number of aromatic hydroxyl groups is 2. The average molecular weight is 261 g/mol. The highest BCUT2D eigenvalue weighted by molar-refractivity contribution is 5.49. The fourth-order valence-corrected chi connectivity index (χ4v) is 2.81. The van der Waals surface area contributed by atoms with Gasteiger partial charge in [-0.25, -0.2) is 9.50 Å². The van der Waals surface area contributed by atoms with Crippen molar-refractivity contribution in [2.45, 2.75) is 50.9 Å². The maximum atomic E-state index is 9.49. The molecule has 0 bridgehead atoms. The van der Waals surface area contributed by atoms with Crippen LogP contribution in [0, 0.1) is 0 Å². The molecular weight excluding hydrogens is 242 g/mol. The average Bonchev–Trinajstić information content (AvgIpc) is 2.72. The van der Waals surface area contributed by atoms with Crippen molar-refractivity contribution in [3.63, 3.8) is 0 Å². The Morgan fingerprint density at radius 1 is 1.00 bits per heavy atom. The van der Waals surface area contributed by atoms with Gasteiger partial charge in [0.05, 0.1) is 6.20 Å². The molecule has 0 aliphatic heterocycles. The summed E-state index contributed by atoms with van der Waals surface area (Å²) in [4.78, 5) is 4.49. The minimum absolute atomic E-state index is 0.149. The van der Waals surface area contributed by atoms with Gasteiger partial charge < -0.3 is 10.2 Å². The molecule has 1 saturated carbocycles. The summed E-state index contributed by atoms with van der Waals surface area (Å²) in [7, 11) is 0. The molecule has 1 aliphatic carbocycles. The van der Waals surface area contributed by atoms with Crippen LogP contribution in [-0.2, 0) is 0 Å². The van der Waals surface area contributed by atoms with Gasteiger partial charge in [0, 0.05) is 12.0 Å². The predicted molar refractivity (Wildman–Crippen MR) is 71.4 cm³/mol.